The van der Waals surface area contributed by atoms with Gasteiger partial charge >= 0.3 is 0 Å². The highest BCUT2D eigenvalue weighted by molar-refractivity contribution is 7.22. The van der Waals surface area contributed by atoms with Crippen molar-refractivity contribution in [3.63, 3.8) is 0 Å². The topological polar surface area (TPSA) is 37.8 Å². The fraction of sp³-hybridized carbons (Fsp3) is 0.158. The first kappa shape index (κ1) is 16.2. The van der Waals surface area contributed by atoms with Crippen molar-refractivity contribution in [1.29, 1.82) is 0 Å². The molecule has 0 aliphatic heterocycles. The number of fused-ring (bicyclic) bond motifs is 1. The minimum atomic E-state index is -0.321. The average molecular weight is 372 g/mol. The lowest BCUT2D eigenvalue weighted by atomic mass is 10.0. The van der Waals surface area contributed by atoms with Crippen LogP contribution >= 0.6 is 22.9 Å². The predicted molar refractivity (Wildman–Crippen MR) is 103 cm³/mol. The lowest BCUT2D eigenvalue weighted by Gasteiger charge is -2.17. The minimum Gasteiger partial charge on any atom is -0.365 e. The van der Waals surface area contributed by atoms with E-state index in [1.165, 1.54) is 12.4 Å². The summed E-state index contributed by atoms with van der Waals surface area (Å²) in [5.74, 6) is 0.441. The van der Waals surface area contributed by atoms with Gasteiger partial charge in [-0.1, -0.05) is 36.4 Å². The third-order valence-electron chi connectivity index (χ3n) is 4.11. The Bertz CT molecular complexity index is 965. The molecule has 0 radical (unpaired) electrons. The molecule has 1 N–H and O–H groups in total. The Morgan fingerprint density at radius 3 is 2.88 bits per heavy atom. The van der Waals surface area contributed by atoms with E-state index in [0.29, 0.717) is 24.4 Å². The monoisotopic (exact) mass is 371 g/mol. The maximum absolute atomic E-state index is 14.0. The zero-order chi connectivity index (χ0) is 17.2. The molecule has 0 saturated heterocycles. The maximum Gasteiger partial charge on any atom is 0.147 e. The van der Waals surface area contributed by atoms with E-state index in [1.54, 1.807) is 17.4 Å². The van der Waals surface area contributed by atoms with Crippen LogP contribution in [0.3, 0.4) is 0 Å². The number of hydrogen-bond acceptors (Lipinski definition) is 4. The third-order valence-corrected chi connectivity index (χ3v) is 5.73. The van der Waals surface area contributed by atoms with E-state index in [1.807, 2.05) is 18.2 Å². The Hall–Kier alpha value is -2.24. The Kier molecular flexibility index (Phi) is 4.51. The second kappa shape index (κ2) is 6.94. The second-order valence-electron chi connectivity index (χ2n) is 5.75. The van der Waals surface area contributed by atoms with Gasteiger partial charge in [0, 0.05) is 17.0 Å². The fourth-order valence-corrected chi connectivity index (χ4v) is 4.16. The van der Waals surface area contributed by atoms with Gasteiger partial charge in [-0.2, -0.15) is 0 Å². The van der Waals surface area contributed by atoms with Gasteiger partial charge in [0.15, 0.2) is 0 Å². The molecule has 0 amide bonds. The Labute approximate surface area is 153 Å². The summed E-state index contributed by atoms with van der Waals surface area (Å²) in [5, 5.41) is 2.90. The van der Waals surface area contributed by atoms with E-state index in [4.69, 9.17) is 11.6 Å². The summed E-state index contributed by atoms with van der Waals surface area (Å²) in [6.45, 7) is 0.328. The van der Waals surface area contributed by atoms with Crippen LogP contribution in [-0.4, -0.2) is 21.9 Å². The first-order valence-electron chi connectivity index (χ1n) is 7.95. The number of aromatic nitrogens is 2. The van der Waals surface area contributed by atoms with Crippen LogP contribution in [0, 0.1) is 0 Å². The lowest BCUT2D eigenvalue weighted by molar-refractivity contribution is 0.634. The Morgan fingerprint density at radius 2 is 2.08 bits per heavy atom. The van der Waals surface area contributed by atoms with Crippen LogP contribution in [-0.2, 0) is 0 Å². The van der Waals surface area contributed by atoms with Crippen LogP contribution in [0.25, 0.3) is 20.7 Å². The van der Waals surface area contributed by atoms with E-state index >= 15 is 0 Å². The van der Waals surface area contributed by atoms with E-state index < -0.39 is 0 Å². The molecule has 2 aromatic heterocycles. The predicted octanol–water partition coefficient (Wildman–Crippen LogP) is 5.56. The molecular formula is C19H15ClFN3S. The van der Waals surface area contributed by atoms with E-state index in [-0.39, 0.29) is 11.2 Å². The number of hydrogen-bond donors (Lipinski definition) is 1. The van der Waals surface area contributed by atoms with Crippen LogP contribution in [0.15, 0.2) is 66.3 Å². The van der Waals surface area contributed by atoms with Gasteiger partial charge in [-0.05, 0) is 24.1 Å². The van der Waals surface area contributed by atoms with Crippen molar-refractivity contribution in [2.24, 2.45) is 0 Å². The number of rotatable bonds is 4. The smallest absolute Gasteiger partial charge is 0.147 e. The van der Waals surface area contributed by atoms with Gasteiger partial charge in [0.2, 0.25) is 0 Å². The molecule has 3 nitrogen and oxygen atoms in total. The van der Waals surface area contributed by atoms with Crippen molar-refractivity contribution in [2.45, 2.75) is 11.8 Å². The normalized spacial score (nSPS) is 17.3. The molecule has 1 aromatic carbocycles. The molecule has 4 rings (SSSR count). The zero-order valence-corrected chi connectivity index (χ0v) is 14.8. The molecule has 1 aliphatic rings. The van der Waals surface area contributed by atoms with Gasteiger partial charge in [-0.3, -0.25) is 0 Å². The van der Waals surface area contributed by atoms with Gasteiger partial charge < -0.3 is 5.32 Å². The molecule has 6 heteroatoms. The highest BCUT2D eigenvalue weighted by Gasteiger charge is 2.19. The number of halogens is 2. The molecule has 2 heterocycles. The number of alkyl halides is 1. The first-order valence-corrected chi connectivity index (χ1v) is 9.20. The third kappa shape index (κ3) is 3.30. The van der Waals surface area contributed by atoms with E-state index in [2.05, 4.69) is 33.5 Å². The zero-order valence-electron chi connectivity index (χ0n) is 13.2. The average Bonchev–Trinajstić information content (AvgIpc) is 3.07. The van der Waals surface area contributed by atoms with Crippen molar-refractivity contribution in [2.75, 3.05) is 11.9 Å². The summed E-state index contributed by atoms with van der Waals surface area (Å²) in [5.41, 5.74) is 2.58. The largest absolute Gasteiger partial charge is 0.365 e. The number of allylic oxidation sites excluding steroid dienone is 3. The van der Waals surface area contributed by atoms with Gasteiger partial charge in [0.05, 0.1) is 15.6 Å². The molecule has 0 fully saturated rings. The molecule has 126 valence electrons. The molecule has 0 spiro atoms. The van der Waals surface area contributed by atoms with Crippen LogP contribution in [0.1, 0.15) is 6.42 Å². The number of nitrogens with zero attached hydrogens (tertiary/aromatic N) is 2. The molecule has 25 heavy (non-hydrogen) atoms. The maximum atomic E-state index is 14.0. The summed E-state index contributed by atoms with van der Waals surface area (Å²) < 4.78 is 14.9. The number of anilines is 1. The molecule has 1 aliphatic carbocycles. The molecular weight excluding hydrogens is 357 g/mol. The van der Waals surface area contributed by atoms with Crippen LogP contribution in [0.2, 0.25) is 0 Å². The van der Waals surface area contributed by atoms with Crippen LogP contribution in [0.4, 0.5) is 10.2 Å². The second-order valence-corrected chi connectivity index (χ2v) is 7.32. The Balaban J connectivity index is 1.64. The van der Waals surface area contributed by atoms with E-state index in [0.717, 1.165) is 20.7 Å². The molecule has 1 atom stereocenters. The SMILES string of the molecule is FC1=C(CNc2ncnc3cc(-c4ccccc4)sc23)C(Cl)CC=C1. The summed E-state index contributed by atoms with van der Waals surface area (Å²) in [4.78, 5) is 9.80. The summed E-state index contributed by atoms with van der Waals surface area (Å²) in [6, 6.07) is 12.2. The summed E-state index contributed by atoms with van der Waals surface area (Å²) in [6.07, 6.45) is 5.40. The summed E-state index contributed by atoms with van der Waals surface area (Å²) in [7, 11) is 0. The van der Waals surface area contributed by atoms with Crippen LogP contribution < -0.4 is 5.32 Å². The molecule has 0 saturated carbocycles. The number of benzene rings is 1. The fourth-order valence-electron chi connectivity index (χ4n) is 2.79. The quantitative estimate of drug-likeness (QED) is 0.610. The van der Waals surface area contributed by atoms with Crippen molar-refractivity contribution in [3.8, 4) is 10.4 Å². The van der Waals surface area contributed by atoms with E-state index in [9.17, 15) is 4.39 Å². The summed E-state index contributed by atoms with van der Waals surface area (Å²) >= 11 is 7.85. The van der Waals surface area contributed by atoms with Crippen molar-refractivity contribution in [1.82, 2.24) is 9.97 Å². The highest BCUT2D eigenvalue weighted by atomic mass is 35.5. The van der Waals surface area contributed by atoms with Gasteiger partial charge in [0.1, 0.15) is 18.0 Å². The standard InChI is InChI=1S/C19H15ClFN3S/c20-14-7-4-8-15(21)13(14)10-22-19-18-16(23-11-24-19)9-17(25-18)12-5-2-1-3-6-12/h1-6,8-9,11,14H,7,10H2,(H,22,23,24). The van der Waals surface area contributed by atoms with Gasteiger partial charge in [0.25, 0.3) is 0 Å². The molecule has 3 aromatic rings. The molecule has 1 unspecified atom stereocenters. The van der Waals surface area contributed by atoms with Crippen molar-refractivity contribution < 1.29 is 4.39 Å². The van der Waals surface area contributed by atoms with Crippen LogP contribution in [0.5, 0.6) is 0 Å². The number of nitrogens with one attached hydrogen (secondary N) is 1. The van der Waals surface area contributed by atoms with Gasteiger partial charge in [-0.15, -0.1) is 22.9 Å². The Morgan fingerprint density at radius 1 is 1.24 bits per heavy atom. The molecule has 0 bridgehead atoms. The highest BCUT2D eigenvalue weighted by Crippen LogP contribution is 2.35. The van der Waals surface area contributed by atoms with Crippen molar-refractivity contribution >= 4 is 39.0 Å². The van der Waals surface area contributed by atoms with Crippen molar-refractivity contribution in [3.05, 3.63) is 66.3 Å². The number of thiophene rings is 1. The van der Waals surface area contributed by atoms with Gasteiger partial charge in [-0.25, -0.2) is 14.4 Å². The minimum absolute atomic E-state index is 0.264. The lowest BCUT2D eigenvalue weighted by Crippen LogP contribution is -2.16. The first-order chi connectivity index (χ1) is 12.2.